The van der Waals surface area contributed by atoms with Crippen LogP contribution in [0.1, 0.15) is 43.4 Å². The van der Waals surface area contributed by atoms with Crippen LogP contribution in [0.15, 0.2) is 48.5 Å². The van der Waals surface area contributed by atoms with Crippen LogP contribution < -0.4 is 11.1 Å². The van der Waals surface area contributed by atoms with Gasteiger partial charge in [0.1, 0.15) is 5.82 Å². The number of hydrogen-bond donors (Lipinski definition) is 3. The normalized spacial score (nSPS) is 23.5. The van der Waals surface area contributed by atoms with Gasteiger partial charge >= 0.3 is 0 Å². The third-order valence-corrected chi connectivity index (χ3v) is 6.69. The van der Waals surface area contributed by atoms with Gasteiger partial charge in [0.25, 0.3) is 5.91 Å². The number of halogens is 2. The van der Waals surface area contributed by atoms with Crippen LogP contribution in [0.3, 0.4) is 0 Å². The van der Waals surface area contributed by atoms with E-state index in [1.807, 2.05) is 12.1 Å². The third-order valence-electron chi connectivity index (χ3n) is 6.69. The molecule has 0 bridgehead atoms. The van der Waals surface area contributed by atoms with E-state index in [1.54, 1.807) is 36.4 Å². The number of likely N-dealkylation sites (tertiary alicyclic amines) is 1. The smallest absolute Gasteiger partial charge is 0.257 e. The van der Waals surface area contributed by atoms with Crippen LogP contribution in [0, 0.1) is 5.92 Å². The number of carbonyl (C=O) groups is 1. The molecule has 1 saturated carbocycles. The number of pyridine rings is 1. The van der Waals surface area contributed by atoms with Crippen molar-refractivity contribution in [2.45, 2.75) is 56.2 Å². The summed E-state index contributed by atoms with van der Waals surface area (Å²) in [7, 11) is 0. The van der Waals surface area contributed by atoms with E-state index < -0.39 is 29.8 Å². The number of rotatable bonds is 6. The largest absolute Gasteiger partial charge is 0.384 e. The van der Waals surface area contributed by atoms with E-state index in [-0.39, 0.29) is 18.9 Å². The molecule has 2 aliphatic rings. The van der Waals surface area contributed by atoms with Gasteiger partial charge in [-0.05, 0) is 37.0 Å². The van der Waals surface area contributed by atoms with Gasteiger partial charge in [-0.1, -0.05) is 36.4 Å². The molecule has 2 fully saturated rings. The van der Waals surface area contributed by atoms with Crippen molar-refractivity contribution in [3.05, 3.63) is 59.8 Å². The van der Waals surface area contributed by atoms with E-state index in [2.05, 4.69) is 15.2 Å². The number of benzene rings is 1. The van der Waals surface area contributed by atoms with E-state index in [0.29, 0.717) is 30.8 Å². The zero-order chi connectivity index (χ0) is 22.8. The molecule has 1 aromatic carbocycles. The monoisotopic (exact) mass is 444 g/mol. The molecule has 32 heavy (non-hydrogen) atoms. The van der Waals surface area contributed by atoms with Gasteiger partial charge in [0, 0.05) is 44.4 Å². The van der Waals surface area contributed by atoms with E-state index in [9.17, 15) is 18.7 Å². The highest BCUT2D eigenvalue weighted by Crippen LogP contribution is 2.47. The van der Waals surface area contributed by atoms with Crippen LogP contribution in [-0.2, 0) is 16.9 Å². The predicted octanol–water partition coefficient (Wildman–Crippen LogP) is 3.07. The van der Waals surface area contributed by atoms with E-state index >= 15 is 0 Å². The highest BCUT2D eigenvalue weighted by atomic mass is 19.3. The van der Waals surface area contributed by atoms with Crippen molar-refractivity contribution in [3.8, 4) is 0 Å². The van der Waals surface area contributed by atoms with E-state index in [0.717, 1.165) is 18.8 Å². The highest BCUT2D eigenvalue weighted by molar-refractivity contribution is 5.87. The lowest BCUT2D eigenvalue weighted by Crippen LogP contribution is -2.54. The summed E-state index contributed by atoms with van der Waals surface area (Å²) in [5, 5.41) is 14.5. The fourth-order valence-corrected chi connectivity index (χ4v) is 4.90. The van der Waals surface area contributed by atoms with Crippen LogP contribution in [0.5, 0.6) is 0 Å². The second kappa shape index (κ2) is 9.11. The first-order valence-corrected chi connectivity index (χ1v) is 11.2. The molecule has 4 N–H and O–H groups in total. The number of aromatic nitrogens is 1. The summed E-state index contributed by atoms with van der Waals surface area (Å²) in [4.78, 5) is 19.9. The van der Waals surface area contributed by atoms with Crippen LogP contribution in [-0.4, -0.2) is 46.0 Å². The van der Waals surface area contributed by atoms with Crippen molar-refractivity contribution in [3.63, 3.8) is 0 Å². The fourth-order valence-electron chi connectivity index (χ4n) is 4.90. The lowest BCUT2D eigenvalue weighted by atomic mass is 9.79. The maximum absolute atomic E-state index is 13.9. The lowest BCUT2D eigenvalue weighted by Gasteiger charge is -2.37. The van der Waals surface area contributed by atoms with Gasteiger partial charge in [-0.2, -0.15) is 0 Å². The van der Waals surface area contributed by atoms with Gasteiger partial charge < -0.3 is 16.2 Å². The molecule has 0 unspecified atom stereocenters. The Morgan fingerprint density at radius 2 is 1.88 bits per heavy atom. The molecule has 2 heterocycles. The number of nitrogens with one attached hydrogen (secondary N) is 1. The first-order valence-electron chi connectivity index (χ1n) is 11.2. The van der Waals surface area contributed by atoms with Gasteiger partial charge in [0.05, 0.1) is 5.69 Å². The number of nitrogens with zero attached hydrogens (tertiary/aromatic N) is 2. The summed E-state index contributed by atoms with van der Waals surface area (Å²) < 4.78 is 27.9. The molecule has 1 aliphatic carbocycles. The minimum absolute atomic E-state index is 0.109. The van der Waals surface area contributed by atoms with E-state index in [1.165, 1.54) is 0 Å². The van der Waals surface area contributed by atoms with Gasteiger partial charge in [-0.15, -0.1) is 0 Å². The van der Waals surface area contributed by atoms with Crippen molar-refractivity contribution < 1.29 is 18.7 Å². The number of alkyl halides is 2. The third kappa shape index (κ3) is 4.91. The van der Waals surface area contributed by atoms with Crippen molar-refractivity contribution in [1.29, 1.82) is 0 Å². The molecule has 0 radical (unpaired) electrons. The minimum atomic E-state index is -2.85. The molecule has 2 aromatic rings. The molecule has 8 heteroatoms. The lowest BCUT2D eigenvalue weighted by molar-refractivity contribution is -0.149. The average molecular weight is 445 g/mol. The Morgan fingerprint density at radius 1 is 1.16 bits per heavy atom. The Balaban J connectivity index is 1.41. The molecule has 1 aliphatic heterocycles. The number of anilines is 1. The SMILES string of the molecule is Nc1cccc(CN2CCC(NC(=O)[C@@](O)(c3ccccc3)[C@H]3CCC(F)(F)C3)CC2)n1. The standard InChI is InChI=1S/C24H30F2N4O2/c25-23(26)12-9-18(15-23)24(32,17-5-2-1-3-6-17)22(31)29-19-10-13-30(14-11-19)16-20-7-4-8-21(27)28-20/h1-8,18-19,32H,9-16H2,(H2,27,28)(H,29,31)/t18-,24+/m0/s1. The second-order valence-electron chi connectivity index (χ2n) is 9.01. The molecule has 0 spiro atoms. The van der Waals surface area contributed by atoms with Crippen molar-refractivity contribution in [1.82, 2.24) is 15.2 Å². The highest BCUT2D eigenvalue weighted by Gasteiger charge is 2.53. The molecule has 6 nitrogen and oxygen atoms in total. The molecular formula is C24H30F2N4O2. The van der Waals surface area contributed by atoms with Gasteiger partial charge in [0.2, 0.25) is 5.92 Å². The van der Waals surface area contributed by atoms with Crippen LogP contribution in [0.4, 0.5) is 14.6 Å². The quantitative estimate of drug-likeness (QED) is 0.637. The fraction of sp³-hybridized carbons (Fsp3) is 0.500. The first-order chi connectivity index (χ1) is 15.3. The Morgan fingerprint density at radius 3 is 2.50 bits per heavy atom. The topological polar surface area (TPSA) is 91.5 Å². The van der Waals surface area contributed by atoms with Crippen molar-refractivity contribution in [2.75, 3.05) is 18.8 Å². The van der Waals surface area contributed by atoms with E-state index in [4.69, 9.17) is 5.73 Å². The van der Waals surface area contributed by atoms with Gasteiger partial charge in [0.15, 0.2) is 5.60 Å². The number of nitrogen functional groups attached to an aromatic ring is 1. The molecule has 1 amide bonds. The zero-order valence-electron chi connectivity index (χ0n) is 18.0. The van der Waals surface area contributed by atoms with Crippen LogP contribution >= 0.6 is 0 Å². The minimum Gasteiger partial charge on any atom is -0.384 e. The Bertz CT molecular complexity index is 935. The Kier molecular flexibility index (Phi) is 6.44. The number of carbonyl (C=O) groups excluding carboxylic acids is 1. The molecule has 2 atom stereocenters. The number of aliphatic hydroxyl groups is 1. The zero-order valence-corrected chi connectivity index (χ0v) is 18.0. The summed E-state index contributed by atoms with van der Waals surface area (Å²) in [5.74, 6) is -3.77. The number of hydrogen-bond acceptors (Lipinski definition) is 5. The maximum atomic E-state index is 13.9. The summed E-state index contributed by atoms with van der Waals surface area (Å²) in [6.45, 7) is 2.19. The Labute approximate surface area is 186 Å². The number of nitrogens with two attached hydrogens (primary N) is 1. The Hall–Kier alpha value is -2.58. The number of amides is 1. The first kappa shape index (κ1) is 22.6. The second-order valence-corrected chi connectivity index (χ2v) is 9.01. The summed E-state index contributed by atoms with van der Waals surface area (Å²) in [6.07, 6.45) is 0.727. The summed E-state index contributed by atoms with van der Waals surface area (Å²) in [5.41, 5.74) is 5.04. The van der Waals surface area contributed by atoms with Gasteiger partial charge in [-0.25, -0.2) is 13.8 Å². The molecule has 172 valence electrons. The molecule has 1 saturated heterocycles. The number of piperidine rings is 1. The van der Waals surface area contributed by atoms with Crippen molar-refractivity contribution >= 4 is 11.7 Å². The van der Waals surface area contributed by atoms with Crippen LogP contribution in [0.2, 0.25) is 0 Å². The van der Waals surface area contributed by atoms with Crippen molar-refractivity contribution in [2.24, 2.45) is 5.92 Å². The summed E-state index contributed by atoms with van der Waals surface area (Å²) in [6, 6.07) is 13.9. The molecular weight excluding hydrogens is 414 g/mol. The van der Waals surface area contributed by atoms with Gasteiger partial charge in [-0.3, -0.25) is 9.69 Å². The average Bonchev–Trinajstić information content (AvgIpc) is 3.15. The van der Waals surface area contributed by atoms with Crippen LogP contribution in [0.25, 0.3) is 0 Å². The summed E-state index contributed by atoms with van der Waals surface area (Å²) >= 11 is 0. The molecule has 1 aromatic heterocycles. The molecule has 4 rings (SSSR count). The maximum Gasteiger partial charge on any atom is 0.257 e. The predicted molar refractivity (Wildman–Crippen MR) is 118 cm³/mol.